The highest BCUT2D eigenvalue weighted by Crippen LogP contribution is 2.11. The van der Waals surface area contributed by atoms with Gasteiger partial charge >= 0.3 is 0 Å². The normalized spacial score (nSPS) is 11.4. The molecule has 0 aliphatic heterocycles. The maximum Gasteiger partial charge on any atom is 0.299 e. The molecule has 0 radical (unpaired) electrons. The first-order chi connectivity index (χ1) is 9.47. The van der Waals surface area contributed by atoms with Crippen molar-refractivity contribution in [2.24, 2.45) is 0 Å². The zero-order valence-electron chi connectivity index (χ0n) is 12.6. The van der Waals surface area contributed by atoms with Gasteiger partial charge in [-0.25, -0.2) is 0 Å². The van der Waals surface area contributed by atoms with E-state index in [2.05, 4.69) is 42.4 Å². The third kappa shape index (κ3) is 7.60. The van der Waals surface area contributed by atoms with E-state index in [1.54, 1.807) is 6.07 Å². The smallest absolute Gasteiger partial charge is 0.299 e. The van der Waals surface area contributed by atoms with E-state index in [9.17, 15) is 13.6 Å². The van der Waals surface area contributed by atoms with Crippen molar-refractivity contribution in [3.63, 3.8) is 0 Å². The summed E-state index contributed by atoms with van der Waals surface area (Å²) in [7, 11) is -3.67. The molecule has 0 atom stereocenters. The second-order valence-electron chi connectivity index (χ2n) is 4.93. The van der Waals surface area contributed by atoms with Crippen molar-refractivity contribution in [3.8, 4) is 6.07 Å². The summed E-state index contributed by atoms with van der Waals surface area (Å²) in [6.07, 6.45) is 0.715. The van der Waals surface area contributed by atoms with Crippen LogP contribution in [-0.4, -0.2) is 41.4 Å². The van der Waals surface area contributed by atoms with Gasteiger partial charge in [0.2, 0.25) is 0 Å². The number of hydrogen-bond acceptors (Lipinski definition) is 7. The van der Waals surface area contributed by atoms with Gasteiger partial charge in [-0.3, -0.25) is 14.1 Å². The lowest BCUT2D eigenvalue weighted by atomic mass is 10.2. The molecule has 21 heavy (non-hydrogen) atoms. The quantitative estimate of drug-likeness (QED) is 0.618. The molecule has 0 fully saturated rings. The molecule has 1 rings (SSSR count). The zero-order valence-corrected chi connectivity index (χ0v) is 13.5. The minimum Gasteiger partial charge on any atom is -0.358 e. The van der Waals surface area contributed by atoms with Crippen molar-refractivity contribution in [1.82, 2.24) is 10.1 Å². The molecule has 0 unspecified atom stereocenters. The maximum absolute atomic E-state index is 11.0. The Hall–Kier alpha value is -1.70. The fourth-order valence-corrected chi connectivity index (χ4v) is 1.62. The summed E-state index contributed by atoms with van der Waals surface area (Å²) in [5.74, 6) is 0. The lowest BCUT2D eigenvalue weighted by Gasteiger charge is -2.28. The third-order valence-electron chi connectivity index (χ3n) is 2.45. The zero-order chi connectivity index (χ0) is 16.8. The summed E-state index contributed by atoms with van der Waals surface area (Å²) >= 11 is 0. The van der Waals surface area contributed by atoms with Gasteiger partial charge in [0.05, 0.1) is 12.8 Å². The van der Waals surface area contributed by atoms with Crippen molar-refractivity contribution in [3.05, 3.63) is 16.6 Å². The fourth-order valence-electron chi connectivity index (χ4n) is 1.62. The topological polar surface area (TPSA) is 134 Å². The Labute approximate surface area is 124 Å². The van der Waals surface area contributed by atoms with Crippen LogP contribution >= 0.6 is 0 Å². The summed E-state index contributed by atoms with van der Waals surface area (Å²) in [6, 6.07) is 2.41. The van der Waals surface area contributed by atoms with Gasteiger partial charge in [0.1, 0.15) is 0 Å². The molecule has 0 amide bonds. The molecule has 0 saturated heterocycles. The number of nitriles is 1. The summed E-state index contributed by atoms with van der Waals surface area (Å²) in [5, 5.41) is 23.4. The average molecular weight is 320 g/mol. The standard InChI is InChI=1S/C10H16N4O2.CH4O3S/c1-7(2)13(8(3)4)6-9-10(5-11)14(15)16-12-9;1-5(2,3)4/h7-8H,6H2,1-4H3;1H3,(H,2,3,4). The summed E-state index contributed by atoms with van der Waals surface area (Å²) < 4.78 is 30.3. The van der Waals surface area contributed by atoms with Gasteiger partial charge in [0.25, 0.3) is 21.5 Å². The van der Waals surface area contributed by atoms with Crippen molar-refractivity contribution in [2.75, 3.05) is 6.26 Å². The van der Waals surface area contributed by atoms with Crippen LogP contribution in [0.15, 0.2) is 4.63 Å². The Morgan fingerprint density at radius 2 is 1.86 bits per heavy atom. The molecule has 0 aliphatic carbocycles. The maximum atomic E-state index is 11.0. The van der Waals surface area contributed by atoms with Crippen LogP contribution in [-0.2, 0) is 16.7 Å². The van der Waals surface area contributed by atoms with Gasteiger partial charge in [-0.05, 0) is 32.6 Å². The molecule has 10 heteroatoms. The van der Waals surface area contributed by atoms with E-state index in [0.717, 1.165) is 0 Å². The van der Waals surface area contributed by atoms with Gasteiger partial charge in [-0.2, -0.15) is 13.7 Å². The van der Waals surface area contributed by atoms with Crippen molar-refractivity contribution >= 4 is 10.1 Å². The lowest BCUT2D eigenvalue weighted by Crippen LogP contribution is -2.37. The van der Waals surface area contributed by atoms with Crippen LogP contribution in [0, 0.1) is 16.5 Å². The predicted octanol–water partition coefficient (Wildman–Crippen LogP) is 0.302. The van der Waals surface area contributed by atoms with Gasteiger partial charge in [0.15, 0.2) is 6.07 Å². The first-order valence-electron chi connectivity index (χ1n) is 6.14. The second kappa shape index (κ2) is 7.92. The van der Waals surface area contributed by atoms with Crippen LogP contribution in [0.4, 0.5) is 0 Å². The van der Waals surface area contributed by atoms with Crippen molar-refractivity contribution in [2.45, 2.75) is 46.3 Å². The first-order valence-corrected chi connectivity index (χ1v) is 7.99. The lowest BCUT2D eigenvalue weighted by molar-refractivity contribution is -0.804. The molecule has 0 aromatic carbocycles. The number of nitrogens with zero attached hydrogens (tertiary/aromatic N) is 4. The van der Waals surface area contributed by atoms with E-state index in [-0.39, 0.29) is 10.6 Å². The van der Waals surface area contributed by atoms with E-state index in [4.69, 9.17) is 9.81 Å². The Morgan fingerprint density at radius 3 is 2.19 bits per heavy atom. The molecule has 0 spiro atoms. The number of hydrogen-bond donors (Lipinski definition) is 1. The molecule has 0 saturated carbocycles. The van der Waals surface area contributed by atoms with Gasteiger partial charge < -0.3 is 5.21 Å². The Bertz CT molecular complexity index is 572. The van der Waals surface area contributed by atoms with Crippen LogP contribution in [0.5, 0.6) is 0 Å². The molecule has 1 aromatic rings. The van der Waals surface area contributed by atoms with Crippen LogP contribution in [0.2, 0.25) is 0 Å². The molecule has 120 valence electrons. The summed E-state index contributed by atoms with van der Waals surface area (Å²) in [4.78, 5) is 2.27. The van der Waals surface area contributed by atoms with E-state index in [0.29, 0.717) is 30.6 Å². The van der Waals surface area contributed by atoms with E-state index >= 15 is 0 Å². The van der Waals surface area contributed by atoms with Crippen LogP contribution < -0.4 is 4.90 Å². The number of aromatic nitrogens is 2. The Kier molecular flexibility index (Phi) is 7.28. The molecule has 0 bridgehead atoms. The van der Waals surface area contributed by atoms with Gasteiger partial charge in [-0.15, -0.1) is 0 Å². The van der Waals surface area contributed by atoms with Gasteiger partial charge in [-0.1, -0.05) is 0 Å². The molecule has 1 aromatic heterocycles. The van der Waals surface area contributed by atoms with E-state index < -0.39 is 10.1 Å². The monoisotopic (exact) mass is 320 g/mol. The molecule has 1 N–H and O–H groups in total. The molecular formula is C11H20N4O5S. The molecule has 1 heterocycles. The van der Waals surface area contributed by atoms with E-state index in [1.165, 1.54) is 0 Å². The van der Waals surface area contributed by atoms with Crippen LogP contribution in [0.25, 0.3) is 0 Å². The second-order valence-corrected chi connectivity index (χ2v) is 6.40. The highest BCUT2D eigenvalue weighted by molar-refractivity contribution is 7.85. The molecular weight excluding hydrogens is 300 g/mol. The molecule has 9 nitrogen and oxygen atoms in total. The highest BCUT2D eigenvalue weighted by Gasteiger charge is 2.24. The Morgan fingerprint density at radius 1 is 1.43 bits per heavy atom. The molecule has 0 aliphatic rings. The van der Waals surface area contributed by atoms with Crippen molar-refractivity contribution < 1.29 is 22.5 Å². The summed E-state index contributed by atoms with van der Waals surface area (Å²) in [5.41, 5.74) is 0.325. The average Bonchev–Trinajstić information content (AvgIpc) is 2.63. The van der Waals surface area contributed by atoms with Crippen LogP contribution in [0.3, 0.4) is 0 Å². The summed E-state index contributed by atoms with van der Waals surface area (Å²) in [6.45, 7) is 8.65. The predicted molar refractivity (Wildman–Crippen MR) is 73.5 cm³/mol. The highest BCUT2D eigenvalue weighted by atomic mass is 32.2. The largest absolute Gasteiger partial charge is 0.358 e. The minimum atomic E-state index is -3.67. The number of rotatable bonds is 4. The van der Waals surface area contributed by atoms with Crippen molar-refractivity contribution in [1.29, 1.82) is 5.26 Å². The minimum absolute atomic E-state index is 0.0636. The van der Waals surface area contributed by atoms with E-state index in [1.807, 2.05) is 0 Å². The first kappa shape index (κ1) is 19.3. The van der Waals surface area contributed by atoms with Crippen LogP contribution in [0.1, 0.15) is 39.1 Å². The third-order valence-corrected chi connectivity index (χ3v) is 2.45. The Balaban J connectivity index is 0.000000690. The fraction of sp³-hybridized carbons (Fsp3) is 0.727. The van der Waals surface area contributed by atoms with Gasteiger partial charge in [0, 0.05) is 17.2 Å². The SMILES string of the molecule is CC(C)N(Cc1no[n+]([O-])c1C#N)C(C)C.CS(=O)(=O)O.